The van der Waals surface area contributed by atoms with Crippen LogP contribution in [0.5, 0.6) is 0 Å². The van der Waals surface area contributed by atoms with Gasteiger partial charge in [0.1, 0.15) is 0 Å². The zero-order valence-corrected chi connectivity index (χ0v) is 8.99. The van der Waals surface area contributed by atoms with Gasteiger partial charge >= 0.3 is 0 Å². The molecule has 1 aromatic rings. The number of hydrogen-bond acceptors (Lipinski definition) is 2. The Hall–Kier alpha value is -0.760. The molecule has 2 nitrogen and oxygen atoms in total. The van der Waals surface area contributed by atoms with E-state index < -0.39 is 0 Å². The van der Waals surface area contributed by atoms with Crippen LogP contribution in [0.3, 0.4) is 0 Å². The first kappa shape index (κ1) is 9.78. The zero-order chi connectivity index (χ0) is 10.2. The standard InChI is InChI=1S/C12H19NO/c1-12(2,10-4-3-5-10)11(13)9-6-7-14-8-9/h6-8,10-11H,3-5,13H2,1-2H3. The van der Waals surface area contributed by atoms with Crippen molar-refractivity contribution in [2.24, 2.45) is 17.1 Å². The first-order valence-corrected chi connectivity index (χ1v) is 5.40. The summed E-state index contributed by atoms with van der Waals surface area (Å²) in [6.45, 7) is 4.54. The van der Waals surface area contributed by atoms with Crippen LogP contribution in [-0.4, -0.2) is 0 Å². The third-order valence-electron chi connectivity index (χ3n) is 3.86. The maximum Gasteiger partial charge on any atom is 0.0950 e. The quantitative estimate of drug-likeness (QED) is 0.801. The Balaban J connectivity index is 2.12. The smallest absolute Gasteiger partial charge is 0.0950 e. The minimum atomic E-state index is 0.103. The minimum absolute atomic E-state index is 0.103. The van der Waals surface area contributed by atoms with Crippen molar-refractivity contribution in [3.8, 4) is 0 Å². The molecule has 2 heteroatoms. The second-order valence-electron chi connectivity index (χ2n) is 4.98. The van der Waals surface area contributed by atoms with Crippen molar-refractivity contribution in [2.75, 3.05) is 0 Å². The lowest BCUT2D eigenvalue weighted by atomic mass is 9.63. The van der Waals surface area contributed by atoms with Gasteiger partial charge in [0, 0.05) is 11.6 Å². The van der Waals surface area contributed by atoms with E-state index in [0.717, 1.165) is 11.5 Å². The highest BCUT2D eigenvalue weighted by Crippen LogP contribution is 2.47. The maximum absolute atomic E-state index is 6.27. The molecule has 1 atom stereocenters. The lowest BCUT2D eigenvalue weighted by Crippen LogP contribution is -2.39. The van der Waals surface area contributed by atoms with E-state index in [1.165, 1.54) is 19.3 Å². The summed E-state index contributed by atoms with van der Waals surface area (Å²) in [4.78, 5) is 0. The molecule has 0 aliphatic heterocycles. The molecule has 1 saturated carbocycles. The van der Waals surface area contributed by atoms with Crippen LogP contribution in [0.4, 0.5) is 0 Å². The first-order valence-electron chi connectivity index (χ1n) is 5.40. The Morgan fingerprint density at radius 2 is 2.21 bits per heavy atom. The van der Waals surface area contributed by atoms with Gasteiger partial charge in [0.2, 0.25) is 0 Å². The summed E-state index contributed by atoms with van der Waals surface area (Å²) in [5.41, 5.74) is 7.59. The van der Waals surface area contributed by atoms with Gasteiger partial charge in [-0.05, 0) is 30.2 Å². The van der Waals surface area contributed by atoms with Gasteiger partial charge < -0.3 is 10.2 Å². The predicted molar refractivity (Wildman–Crippen MR) is 56.8 cm³/mol. The number of furan rings is 1. The van der Waals surface area contributed by atoms with Gasteiger partial charge in [0.25, 0.3) is 0 Å². The fraction of sp³-hybridized carbons (Fsp3) is 0.667. The Kier molecular flexibility index (Phi) is 2.40. The van der Waals surface area contributed by atoms with E-state index in [9.17, 15) is 0 Å². The molecule has 1 heterocycles. The molecule has 2 N–H and O–H groups in total. The molecule has 2 rings (SSSR count). The Bertz CT molecular complexity index is 285. The molecule has 14 heavy (non-hydrogen) atoms. The number of rotatable bonds is 3. The van der Waals surface area contributed by atoms with Crippen LogP contribution in [-0.2, 0) is 0 Å². The predicted octanol–water partition coefficient (Wildman–Crippen LogP) is 3.11. The first-order chi connectivity index (χ1) is 6.62. The van der Waals surface area contributed by atoms with Gasteiger partial charge in [-0.2, -0.15) is 0 Å². The molecule has 1 aliphatic carbocycles. The Morgan fingerprint density at radius 3 is 2.64 bits per heavy atom. The second kappa shape index (κ2) is 3.43. The fourth-order valence-electron chi connectivity index (χ4n) is 2.29. The van der Waals surface area contributed by atoms with E-state index in [-0.39, 0.29) is 11.5 Å². The summed E-state index contributed by atoms with van der Waals surface area (Å²) in [6, 6.07) is 2.08. The topological polar surface area (TPSA) is 39.2 Å². The van der Waals surface area contributed by atoms with Crippen LogP contribution in [0.25, 0.3) is 0 Å². The Morgan fingerprint density at radius 1 is 1.50 bits per heavy atom. The highest BCUT2D eigenvalue weighted by molar-refractivity contribution is 5.15. The van der Waals surface area contributed by atoms with E-state index in [0.29, 0.717) is 0 Å². The van der Waals surface area contributed by atoms with E-state index in [2.05, 4.69) is 13.8 Å². The number of nitrogens with two attached hydrogens (primary N) is 1. The zero-order valence-electron chi connectivity index (χ0n) is 8.99. The molecule has 1 fully saturated rings. The van der Waals surface area contributed by atoms with E-state index in [1.807, 2.05) is 6.07 Å². The van der Waals surface area contributed by atoms with Gasteiger partial charge in [0.05, 0.1) is 12.5 Å². The molecule has 1 aliphatic rings. The molecule has 1 aromatic heterocycles. The van der Waals surface area contributed by atoms with Gasteiger partial charge in [0.15, 0.2) is 0 Å². The molecule has 0 spiro atoms. The largest absolute Gasteiger partial charge is 0.472 e. The van der Waals surface area contributed by atoms with Gasteiger partial charge in [-0.3, -0.25) is 0 Å². The summed E-state index contributed by atoms with van der Waals surface area (Å²) < 4.78 is 5.08. The van der Waals surface area contributed by atoms with Crippen molar-refractivity contribution in [3.05, 3.63) is 24.2 Å². The molecular formula is C12H19NO. The summed E-state index contributed by atoms with van der Waals surface area (Å²) in [5, 5.41) is 0. The molecule has 78 valence electrons. The van der Waals surface area contributed by atoms with Gasteiger partial charge in [-0.25, -0.2) is 0 Å². The highest BCUT2D eigenvalue weighted by atomic mass is 16.3. The van der Waals surface area contributed by atoms with Crippen LogP contribution >= 0.6 is 0 Å². The third kappa shape index (κ3) is 1.48. The maximum atomic E-state index is 6.27. The normalized spacial score (nSPS) is 20.5. The van der Waals surface area contributed by atoms with Crippen LogP contribution in [0.2, 0.25) is 0 Å². The lowest BCUT2D eigenvalue weighted by Gasteiger charge is -2.44. The molecule has 0 radical (unpaired) electrons. The average Bonchev–Trinajstić information content (AvgIpc) is 2.49. The van der Waals surface area contributed by atoms with E-state index >= 15 is 0 Å². The molecule has 0 amide bonds. The van der Waals surface area contributed by atoms with Crippen LogP contribution in [0.1, 0.15) is 44.7 Å². The minimum Gasteiger partial charge on any atom is -0.472 e. The monoisotopic (exact) mass is 193 g/mol. The van der Waals surface area contributed by atoms with Crippen molar-refractivity contribution in [3.63, 3.8) is 0 Å². The van der Waals surface area contributed by atoms with Crippen molar-refractivity contribution >= 4 is 0 Å². The lowest BCUT2D eigenvalue weighted by molar-refractivity contribution is 0.0909. The fourth-order valence-corrected chi connectivity index (χ4v) is 2.29. The van der Waals surface area contributed by atoms with Crippen LogP contribution in [0.15, 0.2) is 23.0 Å². The van der Waals surface area contributed by atoms with Crippen LogP contribution in [0, 0.1) is 11.3 Å². The second-order valence-corrected chi connectivity index (χ2v) is 4.98. The molecule has 1 unspecified atom stereocenters. The number of hydrogen-bond donors (Lipinski definition) is 1. The average molecular weight is 193 g/mol. The SMILES string of the molecule is CC(C)(C1CCC1)C(N)c1ccoc1. The highest BCUT2D eigenvalue weighted by Gasteiger charge is 2.39. The molecule has 0 saturated heterocycles. The van der Waals surface area contributed by atoms with Crippen molar-refractivity contribution in [2.45, 2.75) is 39.2 Å². The van der Waals surface area contributed by atoms with Crippen molar-refractivity contribution < 1.29 is 4.42 Å². The summed E-state index contributed by atoms with van der Waals surface area (Å²) >= 11 is 0. The summed E-state index contributed by atoms with van der Waals surface area (Å²) in [6.07, 6.45) is 7.50. The van der Waals surface area contributed by atoms with Gasteiger partial charge in [-0.15, -0.1) is 0 Å². The van der Waals surface area contributed by atoms with E-state index in [1.54, 1.807) is 12.5 Å². The van der Waals surface area contributed by atoms with E-state index in [4.69, 9.17) is 10.2 Å². The molecule has 0 bridgehead atoms. The molecular weight excluding hydrogens is 174 g/mol. The summed E-state index contributed by atoms with van der Waals surface area (Å²) in [7, 11) is 0. The third-order valence-corrected chi connectivity index (χ3v) is 3.86. The van der Waals surface area contributed by atoms with Crippen LogP contribution < -0.4 is 5.73 Å². The van der Waals surface area contributed by atoms with Crippen molar-refractivity contribution in [1.82, 2.24) is 0 Å². The summed E-state index contributed by atoms with van der Waals surface area (Å²) in [5.74, 6) is 0.785. The van der Waals surface area contributed by atoms with Gasteiger partial charge in [-0.1, -0.05) is 20.3 Å². The molecule has 0 aromatic carbocycles. The Labute approximate surface area is 85.5 Å². The van der Waals surface area contributed by atoms with Crippen molar-refractivity contribution in [1.29, 1.82) is 0 Å².